The lowest BCUT2D eigenvalue weighted by molar-refractivity contribution is 0.654. The molecule has 4 rings (SSSR count). The van der Waals surface area contributed by atoms with E-state index in [-0.39, 0.29) is 5.95 Å². The summed E-state index contributed by atoms with van der Waals surface area (Å²) in [5.41, 5.74) is 11.3. The molecule has 2 aromatic heterocycles. The zero-order valence-electron chi connectivity index (χ0n) is 13.8. The summed E-state index contributed by atoms with van der Waals surface area (Å²) in [5.74, 6) is 0.217. The normalized spacial score (nSPS) is 13.2. The van der Waals surface area contributed by atoms with Crippen molar-refractivity contribution < 1.29 is 0 Å². The highest BCUT2D eigenvalue weighted by atomic mass is 15.4. The highest BCUT2D eigenvalue weighted by molar-refractivity contribution is 5.80. The van der Waals surface area contributed by atoms with Crippen LogP contribution >= 0.6 is 0 Å². The molecule has 1 aliphatic rings. The average Bonchev–Trinajstić information content (AvgIpc) is 3.27. The van der Waals surface area contributed by atoms with Crippen molar-refractivity contribution in [1.82, 2.24) is 25.0 Å². The Balaban J connectivity index is 1.66. The number of aromatic nitrogens is 5. The fourth-order valence-corrected chi connectivity index (χ4v) is 2.73. The largest absolute Gasteiger partial charge is 0.368 e. The molecular weight excluding hydrogens is 314 g/mol. The van der Waals surface area contributed by atoms with E-state index in [1.165, 1.54) is 0 Å². The first-order chi connectivity index (χ1) is 12.2. The lowest BCUT2D eigenvalue weighted by atomic mass is 10.1. The van der Waals surface area contributed by atoms with Crippen molar-refractivity contribution in [3.05, 3.63) is 53.7 Å². The Kier molecular flexibility index (Phi) is 3.81. The molecular formula is C18H17N7. The lowest BCUT2D eigenvalue weighted by Gasteiger charge is -2.05. The minimum Gasteiger partial charge on any atom is -0.368 e. The Morgan fingerprint density at radius 1 is 1.12 bits per heavy atom. The van der Waals surface area contributed by atoms with Gasteiger partial charge in [-0.05, 0) is 24.6 Å². The van der Waals surface area contributed by atoms with Crippen molar-refractivity contribution in [2.45, 2.75) is 13.5 Å². The second-order valence-electron chi connectivity index (χ2n) is 5.94. The van der Waals surface area contributed by atoms with Crippen LogP contribution in [0.3, 0.4) is 0 Å². The molecule has 0 bridgehead atoms. The quantitative estimate of drug-likeness (QED) is 0.791. The first-order valence-corrected chi connectivity index (χ1v) is 7.98. The standard InChI is InChI=1S/C18H17N7/c1-12-3-2-4-14(7-12)15-8-16(22-18(19)21-15)17-11-25(24-23-17)10-13-5-6-20-9-13/h2-5,7-9,11H,6,10H2,1H3,(H2,19,21,22). The van der Waals surface area contributed by atoms with Crippen LogP contribution in [0.1, 0.15) is 5.56 Å². The highest BCUT2D eigenvalue weighted by Crippen LogP contribution is 2.24. The molecule has 7 heteroatoms. The number of hydrogen-bond donors (Lipinski definition) is 1. The Morgan fingerprint density at radius 3 is 2.80 bits per heavy atom. The number of nitrogens with zero attached hydrogens (tertiary/aromatic N) is 6. The molecule has 0 saturated carbocycles. The number of anilines is 1. The van der Waals surface area contributed by atoms with Gasteiger partial charge in [-0.2, -0.15) is 0 Å². The fourth-order valence-electron chi connectivity index (χ4n) is 2.73. The zero-order valence-corrected chi connectivity index (χ0v) is 13.8. The maximum absolute atomic E-state index is 5.91. The molecule has 1 aliphatic heterocycles. The van der Waals surface area contributed by atoms with Crippen LogP contribution in [0.5, 0.6) is 0 Å². The van der Waals surface area contributed by atoms with Gasteiger partial charge in [0.05, 0.1) is 30.7 Å². The van der Waals surface area contributed by atoms with Crippen LogP contribution in [0, 0.1) is 6.92 Å². The summed E-state index contributed by atoms with van der Waals surface area (Å²) < 4.78 is 1.77. The van der Waals surface area contributed by atoms with E-state index in [1.807, 2.05) is 43.6 Å². The van der Waals surface area contributed by atoms with E-state index in [9.17, 15) is 0 Å². The summed E-state index contributed by atoms with van der Waals surface area (Å²) in [5, 5.41) is 8.38. The van der Waals surface area contributed by atoms with Crippen LogP contribution in [0.2, 0.25) is 0 Å². The Labute approximate surface area is 145 Å². The minimum atomic E-state index is 0.217. The lowest BCUT2D eigenvalue weighted by Crippen LogP contribution is -2.01. The van der Waals surface area contributed by atoms with E-state index >= 15 is 0 Å². The summed E-state index contributed by atoms with van der Waals surface area (Å²) in [6, 6.07) is 9.99. The maximum atomic E-state index is 5.91. The molecule has 1 aromatic carbocycles. The Morgan fingerprint density at radius 2 is 2.00 bits per heavy atom. The zero-order chi connectivity index (χ0) is 17.2. The number of hydrogen-bond acceptors (Lipinski definition) is 6. The summed E-state index contributed by atoms with van der Waals surface area (Å²) in [6.45, 7) is 3.42. The third kappa shape index (κ3) is 3.30. The summed E-state index contributed by atoms with van der Waals surface area (Å²) in [7, 11) is 0. The third-order valence-corrected chi connectivity index (χ3v) is 3.92. The van der Waals surface area contributed by atoms with Crippen LogP contribution in [-0.2, 0) is 6.54 Å². The number of rotatable bonds is 4. The highest BCUT2D eigenvalue weighted by Gasteiger charge is 2.11. The Hall–Kier alpha value is -3.35. The van der Waals surface area contributed by atoms with Gasteiger partial charge < -0.3 is 5.73 Å². The first-order valence-electron chi connectivity index (χ1n) is 7.98. The molecule has 2 N–H and O–H groups in total. The third-order valence-electron chi connectivity index (χ3n) is 3.92. The van der Waals surface area contributed by atoms with Crippen molar-refractivity contribution in [3.63, 3.8) is 0 Å². The van der Waals surface area contributed by atoms with Gasteiger partial charge in [-0.1, -0.05) is 35.1 Å². The van der Waals surface area contributed by atoms with E-state index in [1.54, 1.807) is 4.68 Å². The molecule has 3 heterocycles. The van der Waals surface area contributed by atoms with Gasteiger partial charge in [-0.25, -0.2) is 14.6 Å². The second-order valence-corrected chi connectivity index (χ2v) is 5.94. The number of benzene rings is 1. The molecule has 0 aliphatic carbocycles. The first kappa shape index (κ1) is 15.2. The monoisotopic (exact) mass is 331 g/mol. The van der Waals surface area contributed by atoms with Crippen LogP contribution in [0.25, 0.3) is 22.6 Å². The topological polar surface area (TPSA) is 94.9 Å². The van der Waals surface area contributed by atoms with Crippen molar-refractivity contribution in [1.29, 1.82) is 0 Å². The van der Waals surface area contributed by atoms with E-state index in [4.69, 9.17) is 5.73 Å². The summed E-state index contributed by atoms with van der Waals surface area (Å²) in [4.78, 5) is 12.8. The molecule has 0 saturated heterocycles. The number of nitrogen functional groups attached to an aromatic ring is 1. The van der Waals surface area contributed by atoms with Crippen molar-refractivity contribution in [2.75, 3.05) is 12.3 Å². The second kappa shape index (κ2) is 6.27. The molecule has 3 aromatic rings. The SMILES string of the molecule is Cc1cccc(-c2cc(-c3cn(CC4=CCN=C4)nn3)nc(N)n2)c1. The van der Waals surface area contributed by atoms with Gasteiger partial charge in [0.1, 0.15) is 5.69 Å². The van der Waals surface area contributed by atoms with Gasteiger partial charge in [-0.15, -0.1) is 5.10 Å². The number of aliphatic imine (C=N–C) groups is 1. The molecule has 0 fully saturated rings. The molecule has 0 spiro atoms. The van der Waals surface area contributed by atoms with E-state index in [0.717, 1.165) is 28.9 Å². The van der Waals surface area contributed by atoms with Crippen molar-refractivity contribution in [3.8, 4) is 22.6 Å². The van der Waals surface area contributed by atoms with Crippen LogP contribution in [-0.4, -0.2) is 37.7 Å². The van der Waals surface area contributed by atoms with Crippen LogP contribution in [0.4, 0.5) is 5.95 Å². The van der Waals surface area contributed by atoms with Crippen LogP contribution < -0.4 is 5.73 Å². The molecule has 0 atom stereocenters. The summed E-state index contributed by atoms with van der Waals surface area (Å²) in [6.07, 6.45) is 5.79. The predicted molar refractivity (Wildman–Crippen MR) is 97.1 cm³/mol. The number of allylic oxidation sites excluding steroid dienone is 1. The molecule has 0 unspecified atom stereocenters. The van der Waals surface area contributed by atoms with Crippen molar-refractivity contribution >= 4 is 12.2 Å². The Bertz CT molecular complexity index is 985. The summed E-state index contributed by atoms with van der Waals surface area (Å²) >= 11 is 0. The van der Waals surface area contributed by atoms with Gasteiger partial charge in [0.15, 0.2) is 0 Å². The van der Waals surface area contributed by atoms with Gasteiger partial charge in [0.2, 0.25) is 5.95 Å². The van der Waals surface area contributed by atoms with Crippen LogP contribution in [0.15, 0.2) is 53.2 Å². The molecule has 0 radical (unpaired) electrons. The predicted octanol–water partition coefficient (Wildman–Crippen LogP) is 2.30. The minimum absolute atomic E-state index is 0.217. The van der Waals surface area contributed by atoms with Crippen molar-refractivity contribution in [2.24, 2.45) is 4.99 Å². The molecule has 7 nitrogen and oxygen atoms in total. The molecule has 124 valence electrons. The van der Waals surface area contributed by atoms with Gasteiger partial charge >= 0.3 is 0 Å². The molecule has 25 heavy (non-hydrogen) atoms. The smallest absolute Gasteiger partial charge is 0.221 e. The number of aryl methyl sites for hydroxylation is 1. The van der Waals surface area contributed by atoms with Gasteiger partial charge in [0, 0.05) is 11.8 Å². The van der Waals surface area contributed by atoms with E-state index < -0.39 is 0 Å². The molecule has 0 amide bonds. The number of nitrogens with two attached hydrogens (primary N) is 1. The fraction of sp³-hybridized carbons (Fsp3) is 0.167. The van der Waals surface area contributed by atoms with Gasteiger partial charge in [0.25, 0.3) is 0 Å². The average molecular weight is 331 g/mol. The maximum Gasteiger partial charge on any atom is 0.221 e. The van der Waals surface area contributed by atoms with E-state index in [2.05, 4.69) is 37.4 Å². The van der Waals surface area contributed by atoms with Gasteiger partial charge in [-0.3, -0.25) is 4.99 Å². The van der Waals surface area contributed by atoms with E-state index in [0.29, 0.717) is 17.9 Å².